The van der Waals surface area contributed by atoms with E-state index in [0.717, 1.165) is 16.3 Å². The first-order chi connectivity index (χ1) is 13.5. The van der Waals surface area contributed by atoms with Gasteiger partial charge in [-0.1, -0.05) is 26.0 Å². The Kier molecular flexibility index (Phi) is 6.84. The number of anilines is 2. The van der Waals surface area contributed by atoms with Gasteiger partial charge in [0.05, 0.1) is 16.8 Å². The molecular formula is C21H21N3O2S2. The predicted molar refractivity (Wildman–Crippen MR) is 116 cm³/mol. The molecule has 0 spiro atoms. The molecule has 0 aliphatic rings. The van der Waals surface area contributed by atoms with Crippen molar-refractivity contribution >= 4 is 46.3 Å². The molecule has 2 N–H and O–H groups in total. The second kappa shape index (κ2) is 9.52. The number of thioether (sulfide) groups is 1. The van der Waals surface area contributed by atoms with E-state index in [1.807, 2.05) is 49.0 Å². The minimum Gasteiger partial charge on any atom is -0.326 e. The van der Waals surface area contributed by atoms with E-state index in [2.05, 4.69) is 15.6 Å². The van der Waals surface area contributed by atoms with E-state index in [-0.39, 0.29) is 17.7 Å². The topological polar surface area (TPSA) is 71.1 Å². The summed E-state index contributed by atoms with van der Waals surface area (Å²) in [7, 11) is 0. The summed E-state index contributed by atoms with van der Waals surface area (Å²) in [6, 6.07) is 14.6. The van der Waals surface area contributed by atoms with Crippen molar-refractivity contribution in [3.8, 4) is 0 Å². The number of thiazole rings is 1. The van der Waals surface area contributed by atoms with Crippen molar-refractivity contribution in [1.82, 2.24) is 4.98 Å². The molecule has 0 radical (unpaired) electrons. The normalized spacial score (nSPS) is 10.7. The van der Waals surface area contributed by atoms with Gasteiger partial charge in [-0.25, -0.2) is 4.98 Å². The average molecular weight is 412 g/mol. The minimum absolute atomic E-state index is 0.0390. The van der Waals surface area contributed by atoms with Gasteiger partial charge in [0.25, 0.3) is 5.91 Å². The van der Waals surface area contributed by atoms with Gasteiger partial charge in [-0.3, -0.25) is 9.59 Å². The number of nitrogens with one attached hydrogen (secondary N) is 2. The number of nitrogens with zero attached hydrogens (tertiary/aromatic N) is 1. The largest absolute Gasteiger partial charge is 0.326 e. The number of rotatable bonds is 7. The van der Waals surface area contributed by atoms with Crippen LogP contribution in [0.25, 0.3) is 0 Å². The van der Waals surface area contributed by atoms with Crippen LogP contribution in [0.2, 0.25) is 0 Å². The number of aromatic nitrogens is 1. The molecule has 1 aromatic heterocycles. The Hall–Kier alpha value is -2.64. The van der Waals surface area contributed by atoms with Gasteiger partial charge in [0.1, 0.15) is 0 Å². The van der Waals surface area contributed by atoms with Crippen molar-refractivity contribution in [2.45, 2.75) is 24.5 Å². The Morgan fingerprint density at radius 1 is 1.04 bits per heavy atom. The molecule has 0 aliphatic carbocycles. The van der Waals surface area contributed by atoms with Crippen molar-refractivity contribution in [3.63, 3.8) is 0 Å². The lowest BCUT2D eigenvalue weighted by Crippen LogP contribution is -2.17. The van der Waals surface area contributed by atoms with Crippen molar-refractivity contribution in [1.29, 1.82) is 0 Å². The van der Waals surface area contributed by atoms with E-state index in [1.54, 1.807) is 47.4 Å². The molecule has 2 amide bonds. The minimum atomic E-state index is -0.166. The van der Waals surface area contributed by atoms with Crippen LogP contribution in [0.5, 0.6) is 0 Å². The molecule has 0 aliphatic heterocycles. The summed E-state index contributed by atoms with van der Waals surface area (Å²) in [5.41, 5.74) is 4.81. The van der Waals surface area contributed by atoms with Crippen LogP contribution in [0.15, 0.2) is 64.3 Å². The fourth-order valence-electron chi connectivity index (χ4n) is 2.36. The van der Waals surface area contributed by atoms with Crippen molar-refractivity contribution < 1.29 is 9.59 Å². The molecule has 5 nitrogen and oxygen atoms in total. The molecule has 144 valence electrons. The van der Waals surface area contributed by atoms with E-state index >= 15 is 0 Å². The maximum atomic E-state index is 12.7. The standard InChI is InChI=1S/C21H21N3O2S2/c1-14(2)20(25)23-15-7-9-16(10-8-15)24-21(26)18-5-3-4-6-19(18)28-12-17-11-27-13-22-17/h3-11,13-14H,12H2,1-2H3,(H,23,25)(H,24,26). The molecule has 2 aromatic carbocycles. The number of benzene rings is 2. The first kappa shape index (κ1) is 20.1. The molecule has 3 rings (SSSR count). The Morgan fingerprint density at radius 3 is 2.36 bits per heavy atom. The highest BCUT2D eigenvalue weighted by Crippen LogP contribution is 2.27. The van der Waals surface area contributed by atoms with Gasteiger partial charge < -0.3 is 10.6 Å². The quantitative estimate of drug-likeness (QED) is 0.519. The third-order valence-electron chi connectivity index (χ3n) is 3.93. The van der Waals surface area contributed by atoms with Gasteiger partial charge in [-0.15, -0.1) is 23.1 Å². The van der Waals surface area contributed by atoms with Gasteiger partial charge in [0.15, 0.2) is 0 Å². The van der Waals surface area contributed by atoms with Gasteiger partial charge in [-0.2, -0.15) is 0 Å². The van der Waals surface area contributed by atoms with Gasteiger partial charge in [0, 0.05) is 33.3 Å². The molecule has 0 atom stereocenters. The van der Waals surface area contributed by atoms with E-state index in [0.29, 0.717) is 16.9 Å². The lowest BCUT2D eigenvalue weighted by molar-refractivity contribution is -0.118. The highest BCUT2D eigenvalue weighted by Gasteiger charge is 2.13. The fourth-order valence-corrected chi connectivity index (χ4v) is 3.98. The smallest absolute Gasteiger partial charge is 0.256 e. The summed E-state index contributed by atoms with van der Waals surface area (Å²) >= 11 is 3.15. The monoisotopic (exact) mass is 411 g/mol. The molecule has 0 saturated heterocycles. The Morgan fingerprint density at radius 2 is 1.71 bits per heavy atom. The molecule has 0 fully saturated rings. The highest BCUT2D eigenvalue weighted by molar-refractivity contribution is 7.98. The lowest BCUT2D eigenvalue weighted by atomic mass is 10.2. The van der Waals surface area contributed by atoms with E-state index in [4.69, 9.17) is 0 Å². The van der Waals surface area contributed by atoms with Crippen molar-refractivity contribution in [3.05, 3.63) is 70.7 Å². The maximum Gasteiger partial charge on any atom is 0.256 e. The molecular weight excluding hydrogens is 390 g/mol. The zero-order valence-electron chi connectivity index (χ0n) is 15.6. The molecule has 1 heterocycles. The van der Waals surface area contributed by atoms with Gasteiger partial charge >= 0.3 is 0 Å². The number of carbonyl (C=O) groups excluding carboxylic acids is 2. The molecule has 3 aromatic rings. The van der Waals surface area contributed by atoms with E-state index < -0.39 is 0 Å². The average Bonchev–Trinajstić information content (AvgIpc) is 3.21. The zero-order chi connectivity index (χ0) is 19.9. The first-order valence-corrected chi connectivity index (χ1v) is 10.8. The number of hydrogen-bond acceptors (Lipinski definition) is 5. The third kappa shape index (κ3) is 5.43. The summed E-state index contributed by atoms with van der Waals surface area (Å²) < 4.78 is 0. The molecule has 0 saturated carbocycles. The first-order valence-electron chi connectivity index (χ1n) is 8.84. The van der Waals surface area contributed by atoms with Crippen molar-refractivity contribution in [2.24, 2.45) is 5.92 Å². The van der Waals surface area contributed by atoms with Gasteiger partial charge in [-0.05, 0) is 36.4 Å². The van der Waals surface area contributed by atoms with Crippen LogP contribution in [0.4, 0.5) is 11.4 Å². The molecule has 0 bridgehead atoms. The molecule has 0 unspecified atom stereocenters. The second-order valence-electron chi connectivity index (χ2n) is 6.44. The van der Waals surface area contributed by atoms with Crippen LogP contribution < -0.4 is 10.6 Å². The summed E-state index contributed by atoms with van der Waals surface area (Å²) in [6.45, 7) is 3.68. The van der Waals surface area contributed by atoms with Crippen molar-refractivity contribution in [2.75, 3.05) is 10.6 Å². The number of carbonyl (C=O) groups is 2. The molecule has 7 heteroatoms. The summed E-state index contributed by atoms with van der Waals surface area (Å²) in [5.74, 6) is 0.429. The highest BCUT2D eigenvalue weighted by atomic mass is 32.2. The Bertz CT molecular complexity index is 939. The summed E-state index contributed by atoms with van der Waals surface area (Å²) in [4.78, 5) is 29.7. The summed E-state index contributed by atoms with van der Waals surface area (Å²) in [5, 5.41) is 7.76. The number of hydrogen-bond donors (Lipinski definition) is 2. The van der Waals surface area contributed by atoms with Crippen LogP contribution in [-0.4, -0.2) is 16.8 Å². The lowest BCUT2D eigenvalue weighted by Gasteiger charge is -2.11. The van der Waals surface area contributed by atoms with Crippen LogP contribution >= 0.6 is 23.1 Å². The second-order valence-corrected chi connectivity index (χ2v) is 8.18. The Balaban J connectivity index is 1.65. The number of amides is 2. The third-order valence-corrected chi connectivity index (χ3v) is 5.67. The van der Waals surface area contributed by atoms with Crippen LogP contribution in [0.3, 0.4) is 0 Å². The van der Waals surface area contributed by atoms with Crippen LogP contribution in [-0.2, 0) is 10.5 Å². The SMILES string of the molecule is CC(C)C(=O)Nc1ccc(NC(=O)c2ccccc2SCc2cscn2)cc1. The van der Waals surface area contributed by atoms with Gasteiger partial charge in [0.2, 0.25) is 5.91 Å². The fraction of sp³-hybridized carbons (Fsp3) is 0.190. The molecule has 28 heavy (non-hydrogen) atoms. The Labute approximate surface area is 172 Å². The van der Waals surface area contributed by atoms with Crippen LogP contribution in [0.1, 0.15) is 29.9 Å². The van der Waals surface area contributed by atoms with Crippen LogP contribution in [0, 0.1) is 5.92 Å². The maximum absolute atomic E-state index is 12.7. The predicted octanol–water partition coefficient (Wildman–Crippen LogP) is 5.28. The van der Waals surface area contributed by atoms with E-state index in [9.17, 15) is 9.59 Å². The zero-order valence-corrected chi connectivity index (χ0v) is 17.3. The van der Waals surface area contributed by atoms with E-state index in [1.165, 1.54) is 0 Å². The summed E-state index contributed by atoms with van der Waals surface area (Å²) in [6.07, 6.45) is 0.